The minimum atomic E-state index is -4.77. The first kappa shape index (κ1) is 41.7. The number of alkyl halides is 12. The Morgan fingerprint density at radius 1 is 0.434 bits per heavy atom. The molecule has 0 aliphatic carbocycles. The average Bonchev–Trinajstić information content (AvgIpc) is 3.05. The van der Waals surface area contributed by atoms with Gasteiger partial charge in [-0.15, -0.1) is 4.21 Å². The van der Waals surface area contributed by atoms with Crippen LogP contribution in [0.25, 0.3) is 0 Å². The van der Waals surface area contributed by atoms with Crippen molar-refractivity contribution in [2.75, 3.05) is 12.5 Å². The van der Waals surface area contributed by atoms with Gasteiger partial charge in [0.15, 0.2) is 0 Å². The molecular formula is C37H28BBrF12OS. The molecule has 0 heterocycles. The van der Waals surface area contributed by atoms with E-state index in [-0.39, 0.29) is 21.9 Å². The second-order valence-electron chi connectivity index (χ2n) is 12.6. The summed E-state index contributed by atoms with van der Waals surface area (Å²) in [5, 5.41) is 0. The van der Waals surface area contributed by atoms with Gasteiger partial charge in [0, 0.05) is 10.0 Å². The van der Waals surface area contributed by atoms with Gasteiger partial charge in [-0.1, -0.05) is 125 Å². The van der Waals surface area contributed by atoms with E-state index in [2.05, 4.69) is 15.9 Å². The Morgan fingerprint density at radius 2 is 0.660 bits per heavy atom. The van der Waals surface area contributed by atoms with Crippen molar-refractivity contribution < 1.29 is 56.9 Å². The van der Waals surface area contributed by atoms with Gasteiger partial charge in [0.2, 0.25) is 0 Å². The van der Waals surface area contributed by atoms with Gasteiger partial charge >= 0.3 is 24.7 Å². The Morgan fingerprint density at radius 3 is 0.849 bits per heavy atom. The number of hydrogen-bond acceptors (Lipinski definition) is 1. The third-order valence-electron chi connectivity index (χ3n) is 8.38. The molecule has 53 heavy (non-hydrogen) atoms. The topological polar surface area (TPSA) is 17.1 Å². The summed E-state index contributed by atoms with van der Waals surface area (Å²) in [6.07, 6.45) is -18.4. The fraction of sp³-hybridized carbons (Fsp3) is 0.189. The molecule has 5 rings (SSSR count). The van der Waals surface area contributed by atoms with Gasteiger partial charge in [0.25, 0.3) is 0 Å². The van der Waals surface area contributed by atoms with E-state index in [0.717, 1.165) is 58.6 Å². The highest BCUT2D eigenvalue weighted by molar-refractivity contribution is 9.10. The molecule has 0 aromatic heterocycles. The monoisotopic (exact) mass is 838 g/mol. The first-order valence-corrected chi connectivity index (χ1v) is 18.7. The summed E-state index contributed by atoms with van der Waals surface area (Å²) >= 11 is 3.35. The molecule has 0 saturated carbocycles. The van der Waals surface area contributed by atoms with Crippen molar-refractivity contribution in [3.05, 3.63) is 154 Å². The second-order valence-corrected chi connectivity index (χ2v) is 16.6. The average molecular weight is 839 g/mol. The van der Waals surface area contributed by atoms with Crippen LogP contribution in [0.3, 0.4) is 0 Å². The summed E-state index contributed by atoms with van der Waals surface area (Å²) in [6, 6.07) is 21.5. The second kappa shape index (κ2) is 15.4. The molecule has 0 spiro atoms. The predicted octanol–water partition coefficient (Wildman–Crippen LogP) is 9.85. The highest BCUT2D eigenvalue weighted by atomic mass is 79.9. The lowest BCUT2D eigenvalue weighted by Crippen LogP contribution is -2.74. The molecule has 1 nitrogen and oxygen atoms in total. The Balaban J connectivity index is 0.000000443. The standard InChI is InChI=1S/C28H16BF12.C9H12BrOS/c30-25(31,32)17-1-9-21(10-2-17)29(22-11-3-18(4-12-22)26(33,34)35,23-13-5-19(6-14-23)27(36,37)38)24-15-7-20(8-16-24)28(39,40)41;1-12(2,11)7-8-3-5-9(10)6-4-8/h1-16H;3-6H,7H2,1-2H3/q-1;+1. The molecule has 0 atom stereocenters. The summed E-state index contributed by atoms with van der Waals surface area (Å²) in [4.78, 5) is 0. The van der Waals surface area contributed by atoms with Gasteiger partial charge in [-0.25, -0.2) is 0 Å². The van der Waals surface area contributed by atoms with Crippen LogP contribution in [-0.2, 0) is 44.6 Å². The summed E-state index contributed by atoms with van der Waals surface area (Å²) in [6.45, 7) is 0. The van der Waals surface area contributed by atoms with E-state index in [1.807, 2.05) is 24.3 Å². The van der Waals surface area contributed by atoms with Crippen LogP contribution in [0.15, 0.2) is 126 Å². The summed E-state index contributed by atoms with van der Waals surface area (Å²) in [5.74, 6) is 0.667. The summed E-state index contributed by atoms with van der Waals surface area (Å²) in [7, 11) is -1.66. The highest BCUT2D eigenvalue weighted by Gasteiger charge is 2.38. The lowest BCUT2D eigenvalue weighted by molar-refractivity contribution is -0.138. The molecule has 0 unspecified atom stereocenters. The van der Waals surface area contributed by atoms with Crippen molar-refractivity contribution in [2.45, 2.75) is 30.5 Å². The molecule has 0 amide bonds. The van der Waals surface area contributed by atoms with Crippen molar-refractivity contribution >= 4 is 53.9 Å². The Bertz CT molecular complexity index is 1780. The van der Waals surface area contributed by atoms with Crippen LogP contribution in [-0.4, -0.2) is 18.7 Å². The molecule has 16 heteroatoms. The van der Waals surface area contributed by atoms with Gasteiger partial charge in [0.1, 0.15) is 24.4 Å². The first-order chi connectivity index (χ1) is 24.3. The maximum absolute atomic E-state index is 13.3. The van der Waals surface area contributed by atoms with Crippen LogP contribution < -0.4 is 21.9 Å². The van der Waals surface area contributed by atoms with Gasteiger partial charge in [-0.3, -0.25) is 0 Å². The van der Waals surface area contributed by atoms with Crippen LogP contribution >= 0.6 is 15.9 Å². The molecule has 0 aliphatic heterocycles. The largest absolute Gasteiger partial charge is 0.416 e. The summed E-state index contributed by atoms with van der Waals surface area (Å²) < 4.78 is 173. The lowest BCUT2D eigenvalue weighted by Gasteiger charge is -2.44. The van der Waals surface area contributed by atoms with Crippen molar-refractivity contribution in [3.63, 3.8) is 0 Å². The van der Waals surface area contributed by atoms with E-state index in [1.54, 1.807) is 12.5 Å². The number of halogens is 13. The molecule has 0 radical (unpaired) electrons. The zero-order valence-corrected chi connectivity index (χ0v) is 30.0. The molecule has 282 valence electrons. The zero-order chi connectivity index (χ0) is 39.6. The quantitative estimate of drug-likeness (QED) is 0.0947. The minimum absolute atomic E-state index is 0.0114. The van der Waals surface area contributed by atoms with Gasteiger partial charge < -0.3 is 0 Å². The third kappa shape index (κ3) is 10.3. The lowest BCUT2D eigenvalue weighted by atomic mass is 9.13. The molecule has 5 aromatic rings. The van der Waals surface area contributed by atoms with Crippen molar-refractivity contribution in [1.29, 1.82) is 0 Å². The molecule has 0 fully saturated rings. The SMILES string of the molecule is C[S+](C)(=O)Cc1ccc(Br)cc1.FC(F)(F)c1ccc([B-](c2ccc(C(F)(F)F)cc2)(c2ccc(C(F)(F)F)cc2)c2ccc(C(F)(F)F)cc2)cc1. The Labute approximate surface area is 306 Å². The zero-order valence-electron chi connectivity index (χ0n) is 27.6. The van der Waals surface area contributed by atoms with Gasteiger partial charge in [-0.2, -0.15) is 74.5 Å². The fourth-order valence-corrected chi connectivity index (χ4v) is 7.24. The van der Waals surface area contributed by atoms with E-state index in [9.17, 15) is 56.9 Å². The summed E-state index contributed by atoms with van der Waals surface area (Å²) in [5.41, 5.74) is -3.16. The van der Waals surface area contributed by atoms with E-state index in [4.69, 9.17) is 0 Å². The van der Waals surface area contributed by atoms with Crippen molar-refractivity contribution in [2.24, 2.45) is 0 Å². The van der Waals surface area contributed by atoms with Crippen LogP contribution in [0, 0.1) is 0 Å². The van der Waals surface area contributed by atoms with E-state index < -0.39 is 63.0 Å². The highest BCUT2D eigenvalue weighted by Crippen LogP contribution is 2.32. The first-order valence-electron chi connectivity index (χ1n) is 15.3. The fourth-order valence-electron chi connectivity index (χ4n) is 5.98. The van der Waals surface area contributed by atoms with Gasteiger partial charge in [0.05, 0.1) is 32.2 Å². The smallest absolute Gasteiger partial charge is 0.195 e. The normalized spacial score (nSPS) is 13.0. The molecule has 0 saturated heterocycles. The van der Waals surface area contributed by atoms with Crippen LogP contribution in [0.4, 0.5) is 52.7 Å². The van der Waals surface area contributed by atoms with E-state index in [0.29, 0.717) is 54.3 Å². The predicted molar refractivity (Wildman–Crippen MR) is 188 cm³/mol. The van der Waals surface area contributed by atoms with E-state index in [1.165, 1.54) is 0 Å². The Hall–Kier alpha value is -4.05. The van der Waals surface area contributed by atoms with Crippen LogP contribution in [0.1, 0.15) is 27.8 Å². The van der Waals surface area contributed by atoms with Crippen molar-refractivity contribution in [3.8, 4) is 0 Å². The number of hydrogen-bond donors (Lipinski definition) is 0. The molecule has 0 bridgehead atoms. The molecule has 0 N–H and O–H groups in total. The minimum Gasteiger partial charge on any atom is -0.195 e. The van der Waals surface area contributed by atoms with Gasteiger partial charge in [-0.05, 0) is 12.1 Å². The third-order valence-corrected chi connectivity index (χ3v) is 9.94. The Kier molecular flexibility index (Phi) is 12.1. The maximum Gasteiger partial charge on any atom is 0.416 e. The number of benzene rings is 5. The van der Waals surface area contributed by atoms with Crippen molar-refractivity contribution in [1.82, 2.24) is 0 Å². The molecular weight excluding hydrogens is 811 g/mol. The van der Waals surface area contributed by atoms with E-state index >= 15 is 0 Å². The maximum atomic E-state index is 13.3. The van der Waals surface area contributed by atoms with Crippen LogP contribution in [0.2, 0.25) is 0 Å². The number of rotatable bonds is 6. The molecule has 0 aliphatic rings. The molecule has 5 aromatic carbocycles. The van der Waals surface area contributed by atoms with Crippen LogP contribution in [0.5, 0.6) is 0 Å².